The molecule has 2 aromatic carbocycles. The molecule has 3 aromatic rings. The lowest BCUT2D eigenvalue weighted by Gasteiger charge is -2.31. The summed E-state index contributed by atoms with van der Waals surface area (Å²) in [4.78, 5) is 18.5. The van der Waals surface area contributed by atoms with Gasteiger partial charge in [-0.25, -0.2) is 9.37 Å². The highest BCUT2D eigenvalue weighted by Gasteiger charge is 2.33. The zero-order chi connectivity index (χ0) is 27.4. The second-order valence-electron chi connectivity index (χ2n) is 10.7. The SMILES string of the molecule is COc1ccc(C(C(=O)NC2CCCC2)n2ccnc2-c2c(C(OC)C3CCCCC3)ccc(F)c2Cl)cc1. The molecule has 2 unspecified atom stereocenters. The van der Waals surface area contributed by atoms with E-state index >= 15 is 4.39 Å². The highest BCUT2D eigenvalue weighted by molar-refractivity contribution is 6.33. The Hall–Kier alpha value is -2.90. The number of benzene rings is 2. The Kier molecular flexibility index (Phi) is 8.88. The molecule has 8 heteroatoms. The Balaban J connectivity index is 1.61. The Morgan fingerprint density at radius 2 is 1.72 bits per heavy atom. The Morgan fingerprint density at radius 1 is 1.03 bits per heavy atom. The van der Waals surface area contributed by atoms with Gasteiger partial charge in [-0.05, 0) is 60.9 Å². The second kappa shape index (κ2) is 12.5. The van der Waals surface area contributed by atoms with Crippen molar-refractivity contribution in [2.45, 2.75) is 76.0 Å². The third kappa shape index (κ3) is 5.85. The molecule has 0 bridgehead atoms. The van der Waals surface area contributed by atoms with Crippen molar-refractivity contribution in [3.8, 4) is 17.1 Å². The molecule has 2 fully saturated rings. The zero-order valence-electron chi connectivity index (χ0n) is 22.7. The van der Waals surface area contributed by atoms with Crippen LogP contribution in [0.4, 0.5) is 4.39 Å². The van der Waals surface area contributed by atoms with Gasteiger partial charge in [-0.3, -0.25) is 4.79 Å². The molecule has 1 heterocycles. The van der Waals surface area contributed by atoms with E-state index in [0.29, 0.717) is 23.1 Å². The van der Waals surface area contributed by atoms with E-state index < -0.39 is 11.9 Å². The molecular weight excluding hydrogens is 517 g/mol. The Labute approximate surface area is 234 Å². The van der Waals surface area contributed by atoms with Crippen LogP contribution in [0.15, 0.2) is 48.8 Å². The maximum absolute atomic E-state index is 15.0. The highest BCUT2D eigenvalue weighted by Crippen LogP contribution is 2.44. The number of carbonyl (C=O) groups is 1. The van der Waals surface area contributed by atoms with Gasteiger partial charge >= 0.3 is 0 Å². The monoisotopic (exact) mass is 553 g/mol. The van der Waals surface area contributed by atoms with Crippen molar-refractivity contribution in [1.29, 1.82) is 0 Å². The summed E-state index contributed by atoms with van der Waals surface area (Å²) in [5.41, 5.74) is 2.05. The fraction of sp³-hybridized carbons (Fsp3) is 0.484. The first kappa shape index (κ1) is 27.7. The predicted molar refractivity (Wildman–Crippen MR) is 150 cm³/mol. The molecule has 1 amide bonds. The fourth-order valence-electron chi connectivity index (χ4n) is 6.33. The van der Waals surface area contributed by atoms with Crippen molar-refractivity contribution >= 4 is 17.5 Å². The summed E-state index contributed by atoms with van der Waals surface area (Å²) in [7, 11) is 3.31. The van der Waals surface area contributed by atoms with Crippen molar-refractivity contribution in [2.75, 3.05) is 14.2 Å². The molecule has 0 radical (unpaired) electrons. The van der Waals surface area contributed by atoms with Crippen molar-refractivity contribution in [3.05, 3.63) is 70.8 Å². The molecule has 6 nitrogen and oxygen atoms in total. The van der Waals surface area contributed by atoms with Crippen molar-refractivity contribution < 1.29 is 18.7 Å². The van der Waals surface area contributed by atoms with Gasteiger partial charge < -0.3 is 19.4 Å². The molecular formula is C31H37ClFN3O3. The molecule has 0 aliphatic heterocycles. The average Bonchev–Trinajstić information content (AvgIpc) is 3.65. The zero-order valence-corrected chi connectivity index (χ0v) is 23.4. The molecule has 39 heavy (non-hydrogen) atoms. The number of halogens is 2. The van der Waals surface area contributed by atoms with Crippen LogP contribution >= 0.6 is 11.6 Å². The standard InChI is InChI=1S/C31H37ClFN3O3/c1-38-23-14-12-20(13-15-23)28(31(37)35-22-10-6-7-11-22)36-19-18-34-30(36)26-24(16-17-25(33)27(26)32)29(39-2)21-8-4-3-5-9-21/h12-19,21-22,28-29H,3-11H2,1-2H3,(H,35,37). The van der Waals surface area contributed by atoms with Gasteiger partial charge in [0.05, 0.1) is 18.2 Å². The fourth-order valence-corrected chi connectivity index (χ4v) is 6.59. The van der Waals surface area contributed by atoms with Crippen molar-refractivity contribution in [1.82, 2.24) is 14.9 Å². The molecule has 1 N–H and O–H groups in total. The summed E-state index contributed by atoms with van der Waals surface area (Å²) in [5.74, 6) is 0.784. The molecule has 1 aromatic heterocycles. The second-order valence-corrected chi connectivity index (χ2v) is 11.1. The van der Waals surface area contributed by atoms with Gasteiger partial charge in [0.15, 0.2) is 0 Å². The summed E-state index contributed by atoms with van der Waals surface area (Å²) < 4.78 is 28.2. The van der Waals surface area contributed by atoms with Crippen LogP contribution in [0.5, 0.6) is 5.75 Å². The van der Waals surface area contributed by atoms with Gasteiger partial charge in [0.25, 0.3) is 0 Å². The first-order chi connectivity index (χ1) is 19.0. The number of rotatable bonds is 9. The third-order valence-corrected chi connectivity index (χ3v) is 8.69. The first-order valence-electron chi connectivity index (χ1n) is 14.0. The van der Waals surface area contributed by atoms with Gasteiger partial charge in [0.1, 0.15) is 23.4 Å². The van der Waals surface area contributed by atoms with Crippen LogP contribution in [-0.4, -0.2) is 35.7 Å². The number of hydrogen-bond acceptors (Lipinski definition) is 4. The van der Waals surface area contributed by atoms with E-state index in [1.165, 1.54) is 12.5 Å². The number of hydrogen-bond donors (Lipinski definition) is 1. The van der Waals surface area contributed by atoms with Crippen molar-refractivity contribution in [2.24, 2.45) is 5.92 Å². The van der Waals surface area contributed by atoms with Gasteiger partial charge in [-0.15, -0.1) is 0 Å². The molecule has 5 rings (SSSR count). The maximum atomic E-state index is 15.0. The smallest absolute Gasteiger partial charge is 0.247 e. The predicted octanol–water partition coefficient (Wildman–Crippen LogP) is 7.27. The lowest BCUT2D eigenvalue weighted by molar-refractivity contribution is -0.123. The van der Waals surface area contributed by atoms with E-state index in [0.717, 1.165) is 62.5 Å². The van der Waals surface area contributed by atoms with E-state index in [2.05, 4.69) is 10.3 Å². The summed E-state index contributed by atoms with van der Waals surface area (Å²) in [6, 6.07) is 10.0. The molecule has 208 valence electrons. The van der Waals surface area contributed by atoms with Crippen LogP contribution in [0.25, 0.3) is 11.4 Å². The third-order valence-electron chi connectivity index (χ3n) is 8.32. The largest absolute Gasteiger partial charge is 0.497 e. The van der Waals surface area contributed by atoms with Crippen LogP contribution in [0.1, 0.15) is 81.1 Å². The number of carbonyl (C=O) groups excluding carboxylic acids is 1. The van der Waals surface area contributed by atoms with Gasteiger partial charge in [0, 0.05) is 31.1 Å². The van der Waals surface area contributed by atoms with E-state index in [1.54, 1.807) is 32.7 Å². The van der Waals surface area contributed by atoms with Crippen LogP contribution in [-0.2, 0) is 9.53 Å². The van der Waals surface area contributed by atoms with Gasteiger partial charge in [-0.2, -0.15) is 0 Å². The Morgan fingerprint density at radius 3 is 2.38 bits per heavy atom. The minimum absolute atomic E-state index is 0.0116. The van der Waals surface area contributed by atoms with Crippen LogP contribution in [0.2, 0.25) is 5.02 Å². The average molecular weight is 554 g/mol. The molecule has 0 saturated heterocycles. The molecule has 0 spiro atoms. The molecule has 2 aliphatic rings. The first-order valence-corrected chi connectivity index (χ1v) is 14.4. The number of methoxy groups -OCH3 is 2. The summed E-state index contributed by atoms with van der Waals surface area (Å²) in [5, 5.41) is 3.24. The lowest BCUT2D eigenvalue weighted by atomic mass is 9.81. The van der Waals surface area contributed by atoms with E-state index in [1.807, 2.05) is 28.8 Å². The highest BCUT2D eigenvalue weighted by atomic mass is 35.5. The van der Waals surface area contributed by atoms with Crippen LogP contribution in [0, 0.1) is 11.7 Å². The van der Waals surface area contributed by atoms with Gasteiger partial charge in [0.2, 0.25) is 5.91 Å². The number of aromatic nitrogens is 2. The molecule has 2 saturated carbocycles. The minimum atomic E-state index is -0.725. The summed E-state index contributed by atoms with van der Waals surface area (Å²) in [6.45, 7) is 0. The Bertz CT molecular complexity index is 1270. The van der Waals surface area contributed by atoms with E-state index in [9.17, 15) is 4.79 Å². The number of amides is 1. The molecule has 2 atom stereocenters. The number of imidazole rings is 1. The van der Waals surface area contributed by atoms with Crippen LogP contribution in [0.3, 0.4) is 0 Å². The minimum Gasteiger partial charge on any atom is -0.497 e. The summed E-state index contributed by atoms with van der Waals surface area (Å²) in [6.07, 6.45) is 12.9. The number of ether oxygens (including phenoxy) is 2. The number of nitrogens with one attached hydrogen (secondary N) is 1. The maximum Gasteiger partial charge on any atom is 0.247 e. The van der Waals surface area contributed by atoms with E-state index in [-0.39, 0.29) is 23.1 Å². The van der Waals surface area contributed by atoms with Gasteiger partial charge in [-0.1, -0.05) is 61.9 Å². The summed E-state index contributed by atoms with van der Waals surface area (Å²) >= 11 is 6.71. The lowest BCUT2D eigenvalue weighted by Crippen LogP contribution is -2.39. The van der Waals surface area contributed by atoms with E-state index in [4.69, 9.17) is 21.1 Å². The topological polar surface area (TPSA) is 65.4 Å². The number of nitrogens with zero attached hydrogens (tertiary/aromatic N) is 2. The normalized spacial score (nSPS) is 18.2. The van der Waals surface area contributed by atoms with Crippen molar-refractivity contribution in [3.63, 3.8) is 0 Å². The molecule has 2 aliphatic carbocycles. The quantitative estimate of drug-likeness (QED) is 0.303. The van der Waals surface area contributed by atoms with Crippen LogP contribution < -0.4 is 10.1 Å².